The summed E-state index contributed by atoms with van der Waals surface area (Å²) in [4.78, 5) is 36.5. The minimum absolute atomic E-state index is 0.154. The van der Waals surface area contributed by atoms with Gasteiger partial charge in [-0.25, -0.2) is 0 Å². The Morgan fingerprint density at radius 2 is 1.74 bits per heavy atom. The maximum atomic E-state index is 12.4. The molecule has 142 valence electrons. The van der Waals surface area contributed by atoms with Crippen LogP contribution < -0.4 is 15.8 Å². The summed E-state index contributed by atoms with van der Waals surface area (Å²) in [6, 6.07) is 10.8. The molecule has 0 atom stereocenters. The molecule has 0 radical (unpaired) electrons. The van der Waals surface area contributed by atoms with Gasteiger partial charge in [-0.15, -0.1) is 0 Å². The number of rotatable bonds is 7. The summed E-state index contributed by atoms with van der Waals surface area (Å²) in [7, 11) is 1.51. The number of amides is 3. The zero-order valence-corrected chi connectivity index (χ0v) is 15.9. The van der Waals surface area contributed by atoms with Gasteiger partial charge >= 0.3 is 0 Å². The van der Waals surface area contributed by atoms with E-state index in [0.717, 1.165) is 0 Å². The molecule has 2 rings (SSSR count). The predicted molar refractivity (Wildman–Crippen MR) is 103 cm³/mol. The van der Waals surface area contributed by atoms with Crippen molar-refractivity contribution < 1.29 is 19.1 Å². The fourth-order valence-corrected chi connectivity index (χ4v) is 2.43. The lowest BCUT2D eigenvalue weighted by molar-refractivity contribution is -0.120. The molecule has 0 heterocycles. The molecule has 3 N–H and O–H groups in total. The summed E-state index contributed by atoms with van der Waals surface area (Å²) >= 11 is 11.7. The van der Waals surface area contributed by atoms with Crippen molar-refractivity contribution >= 4 is 46.6 Å². The Bertz CT molecular complexity index is 856. The van der Waals surface area contributed by atoms with Crippen LogP contribution in [0, 0.1) is 0 Å². The molecular formula is C18H17Cl2N3O4. The molecule has 27 heavy (non-hydrogen) atoms. The monoisotopic (exact) mass is 409 g/mol. The number of nitrogens with two attached hydrogens (primary N) is 1. The second kappa shape index (κ2) is 9.25. The second-order valence-corrected chi connectivity index (χ2v) is 6.43. The topological polar surface area (TPSA) is 102 Å². The molecule has 0 saturated carbocycles. The average molecular weight is 410 g/mol. The molecule has 2 aromatic rings. The Morgan fingerprint density at radius 3 is 2.33 bits per heavy atom. The Labute approximate surface area is 166 Å². The number of carbonyl (C=O) groups is 3. The summed E-state index contributed by atoms with van der Waals surface area (Å²) in [5.41, 5.74) is 5.84. The number of halogens is 2. The van der Waals surface area contributed by atoms with Crippen LogP contribution in [0.3, 0.4) is 0 Å². The van der Waals surface area contributed by atoms with Crippen molar-refractivity contribution in [3.8, 4) is 5.75 Å². The van der Waals surface area contributed by atoms with E-state index in [4.69, 9.17) is 33.7 Å². The van der Waals surface area contributed by atoms with Crippen molar-refractivity contribution in [3.63, 3.8) is 0 Å². The van der Waals surface area contributed by atoms with E-state index in [2.05, 4.69) is 5.32 Å². The normalized spacial score (nSPS) is 10.2. The Hall–Kier alpha value is -2.77. The van der Waals surface area contributed by atoms with Gasteiger partial charge in [-0.3, -0.25) is 14.4 Å². The van der Waals surface area contributed by atoms with Crippen LogP contribution in [0.15, 0.2) is 42.5 Å². The molecule has 0 fully saturated rings. The zero-order chi connectivity index (χ0) is 20.0. The molecule has 0 aliphatic rings. The third kappa shape index (κ3) is 6.16. The molecule has 3 amide bonds. The first-order chi connectivity index (χ1) is 12.8. The molecular weight excluding hydrogens is 393 g/mol. The van der Waals surface area contributed by atoms with Gasteiger partial charge in [0.1, 0.15) is 5.75 Å². The third-order valence-electron chi connectivity index (χ3n) is 3.41. The van der Waals surface area contributed by atoms with Crippen LogP contribution in [0.5, 0.6) is 5.75 Å². The van der Waals surface area contributed by atoms with Gasteiger partial charge in [0.2, 0.25) is 5.91 Å². The molecule has 0 saturated heterocycles. The summed E-state index contributed by atoms with van der Waals surface area (Å²) in [5, 5.41) is 3.34. The highest BCUT2D eigenvalue weighted by atomic mass is 35.5. The van der Waals surface area contributed by atoms with Crippen molar-refractivity contribution in [1.82, 2.24) is 4.90 Å². The van der Waals surface area contributed by atoms with Crippen LogP contribution in [0.2, 0.25) is 10.0 Å². The lowest BCUT2D eigenvalue weighted by Gasteiger charge is -2.17. The van der Waals surface area contributed by atoms with Crippen LogP contribution in [0.1, 0.15) is 10.4 Å². The number of ether oxygens (including phenoxy) is 1. The maximum absolute atomic E-state index is 12.4. The largest absolute Gasteiger partial charge is 0.484 e. The summed E-state index contributed by atoms with van der Waals surface area (Å²) < 4.78 is 5.13. The van der Waals surface area contributed by atoms with Gasteiger partial charge in [-0.2, -0.15) is 0 Å². The van der Waals surface area contributed by atoms with E-state index < -0.39 is 5.91 Å². The van der Waals surface area contributed by atoms with Crippen LogP contribution in [0.4, 0.5) is 5.69 Å². The van der Waals surface area contributed by atoms with Crippen LogP contribution >= 0.6 is 23.2 Å². The van der Waals surface area contributed by atoms with Crippen molar-refractivity contribution in [3.05, 3.63) is 58.1 Å². The second-order valence-electron chi connectivity index (χ2n) is 5.62. The van der Waals surface area contributed by atoms with E-state index in [-0.39, 0.29) is 25.0 Å². The van der Waals surface area contributed by atoms with Gasteiger partial charge in [0, 0.05) is 18.3 Å². The SMILES string of the molecule is CN(CC(=O)Nc1ccc(Cl)c(Cl)c1)C(=O)c1ccc(OCC(N)=O)cc1. The first kappa shape index (κ1) is 20.5. The third-order valence-corrected chi connectivity index (χ3v) is 4.15. The number of hydrogen-bond donors (Lipinski definition) is 2. The van der Waals surface area contributed by atoms with E-state index in [0.29, 0.717) is 27.0 Å². The number of anilines is 1. The fourth-order valence-electron chi connectivity index (χ4n) is 2.13. The first-order valence-electron chi connectivity index (χ1n) is 7.78. The van der Waals surface area contributed by atoms with E-state index in [1.165, 1.54) is 30.1 Å². The first-order valence-corrected chi connectivity index (χ1v) is 8.53. The van der Waals surface area contributed by atoms with Crippen LogP contribution in [0.25, 0.3) is 0 Å². The van der Waals surface area contributed by atoms with Gasteiger partial charge in [-0.1, -0.05) is 23.2 Å². The molecule has 7 nitrogen and oxygen atoms in total. The van der Waals surface area contributed by atoms with Gasteiger partial charge < -0.3 is 20.7 Å². The Balaban J connectivity index is 1.93. The van der Waals surface area contributed by atoms with Gasteiger partial charge in [0.25, 0.3) is 11.8 Å². The number of hydrogen-bond acceptors (Lipinski definition) is 4. The number of nitrogens with zero attached hydrogens (tertiary/aromatic N) is 1. The van der Waals surface area contributed by atoms with Crippen molar-refractivity contribution in [2.75, 3.05) is 25.5 Å². The Morgan fingerprint density at radius 1 is 1.07 bits per heavy atom. The Kier molecular flexibility index (Phi) is 7.04. The number of benzene rings is 2. The number of likely N-dealkylation sites (N-methyl/N-ethyl adjacent to an activating group) is 1. The maximum Gasteiger partial charge on any atom is 0.255 e. The molecule has 2 aromatic carbocycles. The molecule has 9 heteroatoms. The van der Waals surface area contributed by atoms with Gasteiger partial charge in [0.15, 0.2) is 6.61 Å². The predicted octanol–water partition coefficient (Wildman–Crippen LogP) is 2.57. The summed E-state index contributed by atoms with van der Waals surface area (Å²) in [6.07, 6.45) is 0. The smallest absolute Gasteiger partial charge is 0.255 e. The zero-order valence-electron chi connectivity index (χ0n) is 14.4. The minimum Gasteiger partial charge on any atom is -0.484 e. The van der Waals surface area contributed by atoms with Crippen LogP contribution in [-0.2, 0) is 9.59 Å². The molecule has 0 unspecified atom stereocenters. The summed E-state index contributed by atoms with van der Waals surface area (Å²) in [6.45, 7) is -0.402. The lowest BCUT2D eigenvalue weighted by Crippen LogP contribution is -2.34. The molecule has 0 aromatic heterocycles. The van der Waals surface area contributed by atoms with Gasteiger partial charge in [0.05, 0.1) is 16.6 Å². The highest BCUT2D eigenvalue weighted by Gasteiger charge is 2.15. The van der Waals surface area contributed by atoms with E-state index in [1.54, 1.807) is 24.3 Å². The molecule has 0 bridgehead atoms. The average Bonchev–Trinajstić information content (AvgIpc) is 2.62. The van der Waals surface area contributed by atoms with Crippen molar-refractivity contribution in [2.45, 2.75) is 0 Å². The number of nitrogens with one attached hydrogen (secondary N) is 1. The quantitative estimate of drug-likeness (QED) is 0.733. The molecule has 0 spiro atoms. The van der Waals surface area contributed by atoms with E-state index in [9.17, 15) is 14.4 Å². The number of carbonyl (C=O) groups excluding carboxylic acids is 3. The van der Waals surface area contributed by atoms with Crippen molar-refractivity contribution in [1.29, 1.82) is 0 Å². The minimum atomic E-state index is -0.595. The molecule has 0 aliphatic carbocycles. The lowest BCUT2D eigenvalue weighted by atomic mass is 10.2. The fraction of sp³-hybridized carbons (Fsp3) is 0.167. The molecule has 0 aliphatic heterocycles. The number of primary amides is 1. The van der Waals surface area contributed by atoms with Crippen LogP contribution in [-0.4, -0.2) is 42.8 Å². The van der Waals surface area contributed by atoms with Gasteiger partial charge in [-0.05, 0) is 42.5 Å². The highest BCUT2D eigenvalue weighted by Crippen LogP contribution is 2.25. The van der Waals surface area contributed by atoms with E-state index in [1.807, 2.05) is 0 Å². The van der Waals surface area contributed by atoms with Crippen molar-refractivity contribution in [2.24, 2.45) is 5.73 Å². The highest BCUT2D eigenvalue weighted by molar-refractivity contribution is 6.42. The standard InChI is InChI=1S/C18H17Cl2N3O4/c1-23(9-17(25)22-12-4-7-14(19)15(20)8-12)18(26)11-2-5-13(6-3-11)27-10-16(21)24/h2-8H,9-10H2,1H3,(H2,21,24)(H,22,25). The van der Waals surface area contributed by atoms with E-state index >= 15 is 0 Å². The summed E-state index contributed by atoms with van der Waals surface area (Å²) in [5.74, 6) is -0.917.